The predicted octanol–water partition coefficient (Wildman–Crippen LogP) is 0.503. The van der Waals surface area contributed by atoms with Gasteiger partial charge in [0.15, 0.2) is 0 Å². The summed E-state index contributed by atoms with van der Waals surface area (Å²) >= 11 is 0. The average Bonchev–Trinajstić information content (AvgIpc) is 1.88. The highest BCUT2D eigenvalue weighted by Crippen LogP contribution is 2.00. The minimum atomic E-state index is -0.906. The van der Waals surface area contributed by atoms with Gasteiger partial charge in [-0.1, -0.05) is 12.2 Å². The number of hydrogen-bond acceptors (Lipinski definition) is 2. The number of carbonyl (C=O) groups is 1. The molecule has 10 heavy (non-hydrogen) atoms. The zero-order valence-corrected chi connectivity index (χ0v) is 5.66. The van der Waals surface area contributed by atoms with Crippen LogP contribution in [0.4, 0.5) is 0 Å². The molecule has 54 valence electrons. The molecule has 1 heterocycles. The van der Waals surface area contributed by atoms with Gasteiger partial charge in [0.2, 0.25) is 0 Å². The van der Waals surface area contributed by atoms with Crippen molar-refractivity contribution in [2.75, 3.05) is 0 Å². The molecule has 0 fully saturated rings. The van der Waals surface area contributed by atoms with E-state index in [4.69, 9.17) is 5.11 Å². The highest BCUT2D eigenvalue weighted by Gasteiger charge is 2.09. The standard InChI is InChI=1S/C7H9NO2/c1-5-3-2-4-6(8-5)7(9)10/h2-5,8H,1H3,(H,9,10). The van der Waals surface area contributed by atoms with Gasteiger partial charge in [-0.3, -0.25) is 0 Å². The van der Waals surface area contributed by atoms with E-state index in [-0.39, 0.29) is 11.7 Å². The predicted molar refractivity (Wildman–Crippen MR) is 37.5 cm³/mol. The van der Waals surface area contributed by atoms with E-state index in [0.29, 0.717) is 0 Å². The number of allylic oxidation sites excluding steroid dienone is 2. The van der Waals surface area contributed by atoms with Crippen molar-refractivity contribution in [3.05, 3.63) is 23.9 Å². The van der Waals surface area contributed by atoms with Crippen LogP contribution in [-0.2, 0) is 4.79 Å². The fraction of sp³-hybridized carbons (Fsp3) is 0.286. The number of aliphatic carboxylic acids is 1. The Hall–Kier alpha value is -1.25. The zero-order chi connectivity index (χ0) is 7.56. The van der Waals surface area contributed by atoms with Gasteiger partial charge in [-0.25, -0.2) is 4.79 Å². The van der Waals surface area contributed by atoms with E-state index in [0.717, 1.165) is 0 Å². The Morgan fingerprint density at radius 1 is 1.80 bits per heavy atom. The Morgan fingerprint density at radius 2 is 2.50 bits per heavy atom. The number of hydrogen-bond donors (Lipinski definition) is 2. The molecule has 0 aromatic rings. The summed E-state index contributed by atoms with van der Waals surface area (Å²) < 4.78 is 0. The molecule has 1 unspecified atom stereocenters. The fourth-order valence-electron chi connectivity index (χ4n) is 0.793. The van der Waals surface area contributed by atoms with Crippen LogP contribution in [0.3, 0.4) is 0 Å². The molecule has 3 heteroatoms. The highest BCUT2D eigenvalue weighted by molar-refractivity contribution is 5.86. The Morgan fingerprint density at radius 3 is 2.90 bits per heavy atom. The van der Waals surface area contributed by atoms with Crippen molar-refractivity contribution in [1.82, 2.24) is 5.32 Å². The van der Waals surface area contributed by atoms with Crippen molar-refractivity contribution in [2.24, 2.45) is 0 Å². The Balaban J connectivity index is 2.71. The summed E-state index contributed by atoms with van der Waals surface area (Å²) in [5, 5.41) is 11.3. The van der Waals surface area contributed by atoms with Gasteiger partial charge >= 0.3 is 5.97 Å². The third-order valence-corrected chi connectivity index (χ3v) is 1.28. The van der Waals surface area contributed by atoms with Crippen molar-refractivity contribution in [3.8, 4) is 0 Å². The second-order valence-electron chi connectivity index (χ2n) is 2.20. The van der Waals surface area contributed by atoms with Gasteiger partial charge in [0, 0.05) is 6.04 Å². The van der Waals surface area contributed by atoms with Gasteiger partial charge < -0.3 is 10.4 Å². The average molecular weight is 139 g/mol. The number of dihydropyridines is 1. The molecule has 0 saturated heterocycles. The molecule has 0 saturated carbocycles. The molecule has 0 aliphatic carbocycles. The maximum atomic E-state index is 10.3. The first-order chi connectivity index (χ1) is 4.70. The van der Waals surface area contributed by atoms with Gasteiger partial charge in [0.1, 0.15) is 5.70 Å². The molecule has 1 aliphatic heterocycles. The molecular weight excluding hydrogens is 130 g/mol. The molecule has 2 N–H and O–H groups in total. The van der Waals surface area contributed by atoms with Crippen LogP contribution in [0, 0.1) is 0 Å². The first-order valence-electron chi connectivity index (χ1n) is 3.08. The smallest absolute Gasteiger partial charge is 0.351 e. The summed E-state index contributed by atoms with van der Waals surface area (Å²) in [6, 6.07) is 0.121. The van der Waals surface area contributed by atoms with Gasteiger partial charge in [-0.2, -0.15) is 0 Å². The SMILES string of the molecule is CC1C=CC=C(C(=O)O)N1. The second-order valence-corrected chi connectivity index (χ2v) is 2.20. The minimum Gasteiger partial charge on any atom is -0.477 e. The van der Waals surface area contributed by atoms with Gasteiger partial charge in [-0.15, -0.1) is 0 Å². The molecular formula is C7H9NO2. The van der Waals surface area contributed by atoms with Crippen molar-refractivity contribution in [1.29, 1.82) is 0 Å². The van der Waals surface area contributed by atoms with Crippen LogP contribution in [-0.4, -0.2) is 17.1 Å². The number of nitrogens with one attached hydrogen (secondary N) is 1. The first kappa shape index (κ1) is 6.86. The molecule has 1 aliphatic rings. The number of carboxylic acids is 1. The van der Waals surface area contributed by atoms with E-state index in [1.165, 1.54) is 0 Å². The van der Waals surface area contributed by atoms with E-state index in [1.807, 2.05) is 13.0 Å². The van der Waals surface area contributed by atoms with Crippen molar-refractivity contribution in [2.45, 2.75) is 13.0 Å². The minimum absolute atomic E-state index is 0.121. The van der Waals surface area contributed by atoms with Crippen molar-refractivity contribution in [3.63, 3.8) is 0 Å². The van der Waals surface area contributed by atoms with Crippen molar-refractivity contribution < 1.29 is 9.90 Å². The Bertz CT molecular complexity index is 206. The lowest BCUT2D eigenvalue weighted by molar-refractivity contribution is -0.133. The third kappa shape index (κ3) is 1.37. The summed E-state index contributed by atoms with van der Waals surface area (Å²) in [7, 11) is 0. The molecule has 0 spiro atoms. The maximum absolute atomic E-state index is 10.3. The molecule has 0 aromatic heterocycles. The molecule has 0 bridgehead atoms. The van der Waals surface area contributed by atoms with Crippen LogP contribution >= 0.6 is 0 Å². The molecule has 3 nitrogen and oxygen atoms in total. The lowest BCUT2D eigenvalue weighted by Crippen LogP contribution is -2.29. The monoisotopic (exact) mass is 139 g/mol. The van der Waals surface area contributed by atoms with Crippen LogP contribution in [0.5, 0.6) is 0 Å². The highest BCUT2D eigenvalue weighted by atomic mass is 16.4. The lowest BCUT2D eigenvalue weighted by Gasteiger charge is -2.13. The van der Waals surface area contributed by atoms with Crippen LogP contribution in [0.2, 0.25) is 0 Å². The summed E-state index contributed by atoms with van der Waals surface area (Å²) in [6.07, 6.45) is 5.18. The van der Waals surface area contributed by atoms with E-state index < -0.39 is 5.97 Å². The number of rotatable bonds is 1. The van der Waals surface area contributed by atoms with E-state index in [2.05, 4.69) is 5.32 Å². The van der Waals surface area contributed by atoms with Gasteiger partial charge in [0.25, 0.3) is 0 Å². The third-order valence-electron chi connectivity index (χ3n) is 1.28. The summed E-state index contributed by atoms with van der Waals surface area (Å²) in [5.41, 5.74) is 0.259. The van der Waals surface area contributed by atoms with E-state index in [9.17, 15) is 4.79 Å². The summed E-state index contributed by atoms with van der Waals surface area (Å²) in [4.78, 5) is 10.3. The van der Waals surface area contributed by atoms with Crippen molar-refractivity contribution >= 4 is 5.97 Å². The van der Waals surface area contributed by atoms with E-state index >= 15 is 0 Å². The molecule has 0 radical (unpaired) electrons. The largest absolute Gasteiger partial charge is 0.477 e. The molecule has 0 aromatic carbocycles. The first-order valence-corrected chi connectivity index (χ1v) is 3.08. The lowest BCUT2D eigenvalue weighted by atomic mass is 10.2. The molecule has 0 amide bonds. The number of carboxylic acid groups (broad SMARTS) is 1. The quantitative estimate of drug-likeness (QED) is 0.556. The maximum Gasteiger partial charge on any atom is 0.351 e. The van der Waals surface area contributed by atoms with E-state index in [1.54, 1.807) is 12.2 Å². The normalized spacial score (nSPS) is 23.3. The van der Waals surface area contributed by atoms with Crippen LogP contribution in [0.25, 0.3) is 0 Å². The summed E-state index contributed by atoms with van der Waals surface area (Å²) in [5.74, 6) is -0.906. The Kier molecular flexibility index (Phi) is 1.76. The van der Waals surface area contributed by atoms with Gasteiger partial charge in [0.05, 0.1) is 0 Å². The molecule has 1 rings (SSSR count). The molecule has 1 atom stereocenters. The van der Waals surface area contributed by atoms with Crippen LogP contribution in [0.1, 0.15) is 6.92 Å². The van der Waals surface area contributed by atoms with Gasteiger partial charge in [-0.05, 0) is 13.0 Å². The Labute approximate surface area is 59.0 Å². The second kappa shape index (κ2) is 2.56. The van der Waals surface area contributed by atoms with Crippen LogP contribution < -0.4 is 5.32 Å². The fourth-order valence-corrected chi connectivity index (χ4v) is 0.793. The summed E-state index contributed by atoms with van der Waals surface area (Å²) in [6.45, 7) is 1.90. The zero-order valence-electron chi connectivity index (χ0n) is 5.66. The van der Waals surface area contributed by atoms with Crippen LogP contribution in [0.15, 0.2) is 23.9 Å². The topological polar surface area (TPSA) is 49.3 Å².